The number of unbranched alkanes of at least 4 members (excludes halogenated alkanes) is 1. The second kappa shape index (κ2) is 8.47. The first-order valence-corrected chi connectivity index (χ1v) is 8.10. The summed E-state index contributed by atoms with van der Waals surface area (Å²) in [7, 11) is -0.938. The van der Waals surface area contributed by atoms with Crippen LogP contribution in [0.3, 0.4) is 0 Å². The molecule has 1 atom stereocenters. The summed E-state index contributed by atoms with van der Waals surface area (Å²) in [5, 5.41) is 11.2. The lowest BCUT2D eigenvalue weighted by molar-refractivity contribution is -0.137. The van der Waals surface area contributed by atoms with E-state index in [0.717, 1.165) is 5.56 Å². The zero-order valence-corrected chi connectivity index (χ0v) is 12.2. The standard InChI is InChI=1S/C14H19NO4S/c1-20(19)10-11-5-4-6-12(9-11)14(18)15-8-3-2-7-13(16)17/h4-6,9H,2-3,7-8,10H2,1H3,(H,15,18)(H,16,17). The molecule has 1 amide bonds. The SMILES string of the molecule is CS(=O)Cc1cccc(C(=O)NCCCCC(=O)O)c1. The van der Waals surface area contributed by atoms with Crippen LogP contribution in [-0.2, 0) is 21.3 Å². The molecule has 0 spiro atoms. The number of aliphatic carboxylic acids is 1. The van der Waals surface area contributed by atoms with Crippen LogP contribution in [0.25, 0.3) is 0 Å². The number of benzene rings is 1. The van der Waals surface area contributed by atoms with Gasteiger partial charge in [0.25, 0.3) is 5.91 Å². The summed E-state index contributed by atoms with van der Waals surface area (Å²) in [6, 6.07) is 7.04. The predicted molar refractivity (Wildman–Crippen MR) is 78.0 cm³/mol. The Morgan fingerprint density at radius 2 is 2.05 bits per heavy atom. The summed E-state index contributed by atoms with van der Waals surface area (Å²) < 4.78 is 11.2. The van der Waals surface area contributed by atoms with Gasteiger partial charge in [-0.3, -0.25) is 13.8 Å². The lowest BCUT2D eigenvalue weighted by Gasteiger charge is -2.06. The fraction of sp³-hybridized carbons (Fsp3) is 0.429. The van der Waals surface area contributed by atoms with Crippen LogP contribution in [0.15, 0.2) is 24.3 Å². The number of carbonyl (C=O) groups excluding carboxylic acids is 1. The zero-order valence-electron chi connectivity index (χ0n) is 11.4. The van der Waals surface area contributed by atoms with E-state index in [9.17, 15) is 13.8 Å². The van der Waals surface area contributed by atoms with Crippen LogP contribution < -0.4 is 5.32 Å². The van der Waals surface area contributed by atoms with Crippen molar-refractivity contribution >= 4 is 22.7 Å². The van der Waals surface area contributed by atoms with Gasteiger partial charge in [-0.15, -0.1) is 0 Å². The molecule has 1 rings (SSSR count). The van der Waals surface area contributed by atoms with Gasteiger partial charge in [0.1, 0.15) is 0 Å². The molecular formula is C14H19NO4S. The number of hydrogen-bond donors (Lipinski definition) is 2. The lowest BCUT2D eigenvalue weighted by Crippen LogP contribution is -2.24. The molecule has 0 aromatic heterocycles. The largest absolute Gasteiger partial charge is 0.481 e. The van der Waals surface area contributed by atoms with Gasteiger partial charge in [-0.05, 0) is 30.5 Å². The van der Waals surface area contributed by atoms with Crippen LogP contribution in [0.2, 0.25) is 0 Å². The van der Waals surface area contributed by atoms with E-state index in [1.54, 1.807) is 24.5 Å². The molecule has 1 unspecified atom stereocenters. The molecular weight excluding hydrogens is 278 g/mol. The van der Waals surface area contributed by atoms with Crippen molar-refractivity contribution in [2.45, 2.75) is 25.0 Å². The van der Waals surface area contributed by atoms with Gasteiger partial charge in [0.05, 0.1) is 0 Å². The number of hydrogen-bond acceptors (Lipinski definition) is 3. The molecule has 0 aliphatic heterocycles. The Hall–Kier alpha value is -1.69. The predicted octanol–water partition coefficient (Wildman–Crippen LogP) is 1.55. The number of amides is 1. The van der Waals surface area contributed by atoms with Gasteiger partial charge in [-0.1, -0.05) is 12.1 Å². The van der Waals surface area contributed by atoms with Crippen molar-refractivity contribution in [2.24, 2.45) is 0 Å². The van der Waals surface area contributed by atoms with Crippen molar-refractivity contribution in [3.05, 3.63) is 35.4 Å². The van der Waals surface area contributed by atoms with E-state index in [1.807, 2.05) is 6.07 Å². The molecule has 110 valence electrons. The summed E-state index contributed by atoms with van der Waals surface area (Å²) in [5.41, 5.74) is 1.40. The van der Waals surface area contributed by atoms with Gasteiger partial charge in [0.2, 0.25) is 0 Å². The minimum absolute atomic E-state index is 0.119. The summed E-state index contributed by atoms with van der Waals surface area (Å²) in [4.78, 5) is 22.2. The fourth-order valence-corrected chi connectivity index (χ4v) is 2.39. The van der Waals surface area contributed by atoms with Crippen LogP contribution in [0.5, 0.6) is 0 Å². The summed E-state index contributed by atoms with van der Waals surface area (Å²) >= 11 is 0. The lowest BCUT2D eigenvalue weighted by atomic mass is 10.1. The maximum Gasteiger partial charge on any atom is 0.303 e. The number of carboxylic acids is 1. The summed E-state index contributed by atoms with van der Waals surface area (Å²) in [5.74, 6) is -0.583. The number of rotatable bonds is 8. The van der Waals surface area contributed by atoms with Gasteiger partial charge in [0.15, 0.2) is 0 Å². The van der Waals surface area contributed by atoms with Crippen molar-refractivity contribution in [3.8, 4) is 0 Å². The van der Waals surface area contributed by atoms with Crippen molar-refractivity contribution in [1.82, 2.24) is 5.32 Å². The summed E-state index contributed by atoms with van der Waals surface area (Å²) in [6.07, 6.45) is 2.92. The average Bonchev–Trinajstić information content (AvgIpc) is 2.37. The molecule has 0 heterocycles. The molecule has 5 nitrogen and oxygen atoms in total. The van der Waals surface area contributed by atoms with E-state index in [4.69, 9.17) is 5.11 Å². The minimum atomic E-state index is -0.938. The zero-order chi connectivity index (χ0) is 15.0. The molecule has 0 radical (unpaired) electrons. The topological polar surface area (TPSA) is 83.5 Å². The Morgan fingerprint density at radius 1 is 1.30 bits per heavy atom. The van der Waals surface area contributed by atoms with Gasteiger partial charge in [-0.25, -0.2) is 0 Å². The molecule has 0 aliphatic rings. The van der Waals surface area contributed by atoms with Crippen LogP contribution in [0, 0.1) is 0 Å². The minimum Gasteiger partial charge on any atom is -0.481 e. The Labute approximate surface area is 120 Å². The third-order valence-electron chi connectivity index (χ3n) is 2.66. The van der Waals surface area contributed by atoms with Crippen molar-refractivity contribution in [2.75, 3.05) is 12.8 Å². The van der Waals surface area contributed by atoms with Gasteiger partial charge in [-0.2, -0.15) is 0 Å². The second-order valence-electron chi connectivity index (χ2n) is 4.52. The monoisotopic (exact) mass is 297 g/mol. The van der Waals surface area contributed by atoms with Crippen molar-refractivity contribution in [1.29, 1.82) is 0 Å². The molecule has 0 fully saturated rings. The number of carboxylic acid groups (broad SMARTS) is 1. The molecule has 0 aliphatic carbocycles. The van der Waals surface area contributed by atoms with E-state index in [0.29, 0.717) is 30.7 Å². The molecule has 1 aromatic carbocycles. The quantitative estimate of drug-likeness (QED) is 0.713. The van der Waals surface area contributed by atoms with Gasteiger partial charge >= 0.3 is 5.97 Å². The van der Waals surface area contributed by atoms with Crippen LogP contribution in [0.4, 0.5) is 0 Å². The number of carbonyl (C=O) groups is 2. The number of nitrogens with one attached hydrogen (secondary N) is 1. The van der Waals surface area contributed by atoms with Crippen molar-refractivity contribution < 1.29 is 18.9 Å². The maximum atomic E-state index is 11.9. The fourth-order valence-electron chi connectivity index (χ4n) is 1.74. The smallest absolute Gasteiger partial charge is 0.303 e. The Bertz CT molecular complexity index is 502. The highest BCUT2D eigenvalue weighted by molar-refractivity contribution is 7.83. The third-order valence-corrected chi connectivity index (χ3v) is 3.40. The van der Waals surface area contributed by atoms with E-state index < -0.39 is 16.8 Å². The first kappa shape index (κ1) is 16.4. The second-order valence-corrected chi connectivity index (χ2v) is 5.96. The Balaban J connectivity index is 2.43. The molecule has 0 saturated heterocycles. The molecule has 0 bridgehead atoms. The van der Waals surface area contributed by atoms with Crippen LogP contribution in [-0.4, -0.2) is 34.0 Å². The van der Waals surface area contributed by atoms with Crippen molar-refractivity contribution in [3.63, 3.8) is 0 Å². The summed E-state index contributed by atoms with van der Waals surface area (Å²) in [6.45, 7) is 0.454. The Kier molecular flexibility index (Phi) is 6.93. The van der Waals surface area contributed by atoms with E-state index in [-0.39, 0.29) is 12.3 Å². The highest BCUT2D eigenvalue weighted by atomic mass is 32.2. The molecule has 0 saturated carbocycles. The van der Waals surface area contributed by atoms with E-state index >= 15 is 0 Å². The van der Waals surface area contributed by atoms with Gasteiger partial charge in [0, 0.05) is 41.3 Å². The van der Waals surface area contributed by atoms with Gasteiger partial charge < -0.3 is 10.4 Å². The normalized spacial score (nSPS) is 11.8. The first-order valence-electron chi connectivity index (χ1n) is 6.38. The van der Waals surface area contributed by atoms with E-state index in [2.05, 4.69) is 5.32 Å². The highest BCUT2D eigenvalue weighted by Gasteiger charge is 2.06. The molecule has 20 heavy (non-hydrogen) atoms. The average molecular weight is 297 g/mol. The molecule has 6 heteroatoms. The van der Waals surface area contributed by atoms with Crippen LogP contribution in [0.1, 0.15) is 35.2 Å². The third kappa shape index (κ3) is 6.47. The maximum absolute atomic E-state index is 11.9. The molecule has 2 N–H and O–H groups in total. The van der Waals surface area contributed by atoms with Crippen LogP contribution >= 0.6 is 0 Å². The van der Waals surface area contributed by atoms with E-state index in [1.165, 1.54) is 0 Å². The Morgan fingerprint density at radius 3 is 2.70 bits per heavy atom. The molecule has 1 aromatic rings. The highest BCUT2D eigenvalue weighted by Crippen LogP contribution is 2.07. The first-order chi connectivity index (χ1) is 9.49.